The lowest BCUT2D eigenvalue weighted by Crippen LogP contribution is -2.29. The van der Waals surface area contributed by atoms with E-state index >= 15 is 0 Å². The molecule has 2 atom stereocenters. The lowest BCUT2D eigenvalue weighted by molar-refractivity contribution is -0.161. The molecule has 3 N–H and O–H groups in total. The molecular weight excluding hydrogens is 882 g/mol. The molecule has 0 saturated carbocycles. The Morgan fingerprint density at radius 3 is 1.20 bits per heavy atom. The van der Waals surface area contributed by atoms with Crippen molar-refractivity contribution in [1.29, 1.82) is 0 Å². The van der Waals surface area contributed by atoms with Crippen LogP contribution in [-0.2, 0) is 32.7 Å². The van der Waals surface area contributed by atoms with E-state index in [9.17, 15) is 19.0 Å². The van der Waals surface area contributed by atoms with Gasteiger partial charge < -0.3 is 20.1 Å². The van der Waals surface area contributed by atoms with E-state index in [1.54, 1.807) is 0 Å². The van der Waals surface area contributed by atoms with Crippen molar-refractivity contribution in [1.82, 2.24) is 0 Å². The van der Waals surface area contributed by atoms with Gasteiger partial charge in [0.05, 0.1) is 13.2 Å². The van der Waals surface area contributed by atoms with Crippen molar-refractivity contribution in [2.75, 3.05) is 26.4 Å². The maximum Gasteiger partial charge on any atom is 0.472 e. The molecule has 0 aliphatic carbocycles. The van der Waals surface area contributed by atoms with Crippen LogP contribution in [0.5, 0.6) is 0 Å². The predicted molar refractivity (Wildman–Crippen MR) is 293 cm³/mol. The summed E-state index contributed by atoms with van der Waals surface area (Å²) < 4.78 is 33.0. The zero-order valence-electron chi connectivity index (χ0n) is 44.8. The molecule has 0 spiro atoms. The largest absolute Gasteiger partial charge is 0.472 e. The minimum Gasteiger partial charge on any atom is -0.462 e. The number of unbranched alkanes of at least 4 members (excludes halogenated alkanes) is 31. The molecule has 402 valence electrons. The third-order valence-corrected chi connectivity index (χ3v) is 13.4. The lowest BCUT2D eigenvalue weighted by Gasteiger charge is -2.19. The topological polar surface area (TPSA) is 134 Å². The molecule has 0 aromatic heterocycles. The van der Waals surface area contributed by atoms with E-state index in [-0.39, 0.29) is 38.6 Å². The first-order valence-corrected chi connectivity index (χ1v) is 30.3. The second-order valence-electron chi connectivity index (χ2n) is 19.1. The molecule has 0 aromatic rings. The quantitative estimate of drug-likeness (QED) is 0.0264. The van der Waals surface area contributed by atoms with E-state index in [0.29, 0.717) is 6.42 Å². The number of phosphoric ester groups is 1. The number of phosphoric acid groups is 1. The highest BCUT2D eigenvalue weighted by atomic mass is 31.2. The molecular formula is C59H108NO8P. The molecule has 10 heteroatoms. The summed E-state index contributed by atoms with van der Waals surface area (Å²) in [6.07, 6.45) is 68.6. The molecule has 0 bridgehead atoms. The Labute approximate surface area is 425 Å². The van der Waals surface area contributed by atoms with Crippen LogP contribution in [0.4, 0.5) is 0 Å². The third kappa shape index (κ3) is 54.9. The van der Waals surface area contributed by atoms with Gasteiger partial charge in [0.2, 0.25) is 0 Å². The van der Waals surface area contributed by atoms with Gasteiger partial charge in [0.1, 0.15) is 6.61 Å². The summed E-state index contributed by atoms with van der Waals surface area (Å²) in [6.45, 7) is 3.64. The standard InChI is InChI=1S/C59H108NO8P/c1-3-5-7-9-11-13-15-17-19-20-21-22-23-24-25-26-27-28-29-30-31-32-33-34-35-36-38-40-42-44-46-48-50-52-59(62)68-57(56-67-69(63,64)66-54-53-60)55-65-58(61)51-49-47-45-43-41-39-37-18-16-14-12-10-8-6-4-2/h5,7,11,13,17-19,21-22,37,57H,3-4,6,8-10,12,14-16,20,23-36,38-56,60H2,1-2H3,(H,63,64)/b7-5-,13-11-,19-17-,22-21-,37-18-. The van der Waals surface area contributed by atoms with Crippen molar-refractivity contribution in [2.45, 2.75) is 277 Å². The number of rotatable bonds is 54. The number of carbonyl (C=O) groups is 2. The van der Waals surface area contributed by atoms with Crippen LogP contribution in [0.3, 0.4) is 0 Å². The van der Waals surface area contributed by atoms with Crippen LogP contribution >= 0.6 is 7.82 Å². The molecule has 0 heterocycles. The second-order valence-corrected chi connectivity index (χ2v) is 20.6. The van der Waals surface area contributed by atoms with Gasteiger partial charge in [0.15, 0.2) is 6.10 Å². The van der Waals surface area contributed by atoms with Crippen molar-refractivity contribution < 1.29 is 37.6 Å². The summed E-state index contributed by atoms with van der Waals surface area (Å²) in [5.41, 5.74) is 5.37. The number of esters is 2. The number of ether oxygens (including phenoxy) is 2. The van der Waals surface area contributed by atoms with Gasteiger partial charge in [-0.2, -0.15) is 0 Å². The van der Waals surface area contributed by atoms with E-state index in [2.05, 4.69) is 74.6 Å². The second kappa shape index (κ2) is 55.0. The van der Waals surface area contributed by atoms with Crippen LogP contribution in [0.1, 0.15) is 271 Å². The number of allylic oxidation sites excluding steroid dienone is 10. The van der Waals surface area contributed by atoms with E-state index in [4.69, 9.17) is 24.3 Å². The highest BCUT2D eigenvalue weighted by molar-refractivity contribution is 7.47. The zero-order valence-corrected chi connectivity index (χ0v) is 45.7. The maximum atomic E-state index is 12.7. The van der Waals surface area contributed by atoms with Crippen LogP contribution in [0.15, 0.2) is 60.8 Å². The SMILES string of the molecule is CC/C=C\C/C=C\C/C=C\C/C=C\CCCCCCCCCCCCCCCCCCCCCCC(=O)OC(COC(=O)CCCCCCC/C=C\CCCCCCCC)COP(=O)(O)OCCN. The lowest BCUT2D eigenvalue weighted by atomic mass is 10.0. The van der Waals surface area contributed by atoms with E-state index in [1.165, 1.54) is 161 Å². The minimum absolute atomic E-state index is 0.0526. The zero-order chi connectivity index (χ0) is 50.2. The first-order valence-electron chi connectivity index (χ1n) is 28.8. The predicted octanol–water partition coefficient (Wildman–Crippen LogP) is 18.0. The molecule has 2 unspecified atom stereocenters. The van der Waals surface area contributed by atoms with E-state index in [1.807, 2.05) is 0 Å². The van der Waals surface area contributed by atoms with Gasteiger partial charge in [0, 0.05) is 19.4 Å². The van der Waals surface area contributed by atoms with Gasteiger partial charge in [0.25, 0.3) is 0 Å². The van der Waals surface area contributed by atoms with Crippen molar-refractivity contribution in [2.24, 2.45) is 5.73 Å². The summed E-state index contributed by atoms with van der Waals surface area (Å²) in [4.78, 5) is 35.1. The third-order valence-electron chi connectivity index (χ3n) is 12.4. The highest BCUT2D eigenvalue weighted by Gasteiger charge is 2.26. The summed E-state index contributed by atoms with van der Waals surface area (Å²) in [6, 6.07) is 0. The summed E-state index contributed by atoms with van der Waals surface area (Å²) >= 11 is 0. The van der Waals surface area contributed by atoms with Crippen molar-refractivity contribution in [3.05, 3.63) is 60.8 Å². The van der Waals surface area contributed by atoms with Crippen molar-refractivity contribution in [3.8, 4) is 0 Å². The average Bonchev–Trinajstić information content (AvgIpc) is 3.34. The van der Waals surface area contributed by atoms with Crippen molar-refractivity contribution in [3.63, 3.8) is 0 Å². The van der Waals surface area contributed by atoms with Gasteiger partial charge in [-0.15, -0.1) is 0 Å². The van der Waals surface area contributed by atoms with Crippen LogP contribution in [-0.4, -0.2) is 49.3 Å². The Kier molecular flexibility index (Phi) is 53.2. The van der Waals surface area contributed by atoms with Gasteiger partial charge in [-0.05, 0) is 77.0 Å². The smallest absolute Gasteiger partial charge is 0.462 e. The fourth-order valence-electron chi connectivity index (χ4n) is 8.15. The van der Waals surface area contributed by atoms with Gasteiger partial charge in [-0.25, -0.2) is 4.57 Å². The molecule has 0 aliphatic rings. The van der Waals surface area contributed by atoms with E-state index < -0.39 is 26.5 Å². The normalized spacial score (nSPS) is 13.5. The summed E-state index contributed by atoms with van der Waals surface area (Å²) in [5, 5.41) is 0. The van der Waals surface area contributed by atoms with Crippen LogP contribution in [0.2, 0.25) is 0 Å². The number of nitrogens with two attached hydrogens (primary N) is 1. The number of hydrogen-bond donors (Lipinski definition) is 2. The Morgan fingerprint density at radius 1 is 0.449 bits per heavy atom. The highest BCUT2D eigenvalue weighted by Crippen LogP contribution is 2.43. The molecule has 0 fully saturated rings. The molecule has 0 amide bonds. The Hall–Kier alpha value is -2.29. The molecule has 0 aromatic carbocycles. The fourth-order valence-corrected chi connectivity index (χ4v) is 8.92. The Bertz CT molecular complexity index is 1310. The average molecular weight is 990 g/mol. The Balaban J connectivity index is 3.87. The van der Waals surface area contributed by atoms with Crippen molar-refractivity contribution >= 4 is 19.8 Å². The maximum absolute atomic E-state index is 12.7. The number of hydrogen-bond acceptors (Lipinski definition) is 8. The molecule has 9 nitrogen and oxygen atoms in total. The molecule has 0 radical (unpaired) electrons. The molecule has 69 heavy (non-hydrogen) atoms. The van der Waals surface area contributed by atoms with Gasteiger partial charge in [-0.3, -0.25) is 18.6 Å². The fraction of sp³-hybridized carbons (Fsp3) is 0.797. The van der Waals surface area contributed by atoms with Crippen LogP contribution < -0.4 is 5.73 Å². The Morgan fingerprint density at radius 2 is 0.797 bits per heavy atom. The van der Waals surface area contributed by atoms with Crippen LogP contribution in [0, 0.1) is 0 Å². The minimum atomic E-state index is -4.39. The first-order chi connectivity index (χ1) is 33.8. The van der Waals surface area contributed by atoms with Gasteiger partial charge >= 0.3 is 19.8 Å². The van der Waals surface area contributed by atoms with Gasteiger partial charge in [-0.1, -0.05) is 242 Å². The monoisotopic (exact) mass is 990 g/mol. The van der Waals surface area contributed by atoms with E-state index in [0.717, 1.165) is 77.0 Å². The number of carbonyl (C=O) groups excluding carboxylic acids is 2. The summed E-state index contributed by atoms with van der Waals surface area (Å²) in [7, 11) is -4.39. The van der Waals surface area contributed by atoms with Crippen LogP contribution in [0.25, 0.3) is 0 Å². The summed E-state index contributed by atoms with van der Waals surface area (Å²) in [5.74, 6) is -0.828. The molecule has 0 rings (SSSR count). The first kappa shape index (κ1) is 66.7. The molecule has 0 aliphatic heterocycles. The molecule has 0 saturated heterocycles.